The third-order valence-corrected chi connectivity index (χ3v) is 6.84. The molecule has 1 aliphatic heterocycles. The number of para-hydroxylation sites is 2. The first kappa shape index (κ1) is 18.1. The Balaban J connectivity index is 1.44. The summed E-state index contributed by atoms with van der Waals surface area (Å²) in [5.74, 6) is 0.0715. The molecule has 2 aromatic carbocycles. The van der Waals surface area contributed by atoms with Crippen molar-refractivity contribution in [1.29, 1.82) is 0 Å². The molecule has 0 amide bonds. The van der Waals surface area contributed by atoms with Crippen LogP contribution < -0.4 is 0 Å². The van der Waals surface area contributed by atoms with Crippen molar-refractivity contribution in [3.63, 3.8) is 0 Å². The van der Waals surface area contributed by atoms with E-state index < -0.39 is 15.8 Å². The molecule has 0 saturated carbocycles. The van der Waals surface area contributed by atoms with Gasteiger partial charge < -0.3 is 4.42 Å². The lowest BCUT2D eigenvalue weighted by molar-refractivity contribution is 0.169. The van der Waals surface area contributed by atoms with E-state index in [0.717, 1.165) is 17.2 Å². The Labute approximate surface area is 157 Å². The summed E-state index contributed by atoms with van der Waals surface area (Å²) in [7, 11) is -3.70. The number of nitrogens with zero attached hydrogens (tertiary/aromatic N) is 3. The predicted molar refractivity (Wildman–Crippen MR) is 99.2 cm³/mol. The second kappa shape index (κ2) is 7.03. The van der Waals surface area contributed by atoms with Crippen molar-refractivity contribution >= 4 is 21.1 Å². The molecular formula is C19H20FN3O3S. The summed E-state index contributed by atoms with van der Waals surface area (Å²) in [6, 6.07) is 11.4. The van der Waals surface area contributed by atoms with E-state index in [1.165, 1.54) is 16.4 Å². The van der Waals surface area contributed by atoms with Gasteiger partial charge in [0.25, 0.3) is 0 Å². The van der Waals surface area contributed by atoms with Gasteiger partial charge in [-0.1, -0.05) is 18.2 Å². The van der Waals surface area contributed by atoms with E-state index in [4.69, 9.17) is 4.42 Å². The number of sulfonamides is 1. The predicted octanol–water partition coefficient (Wildman–Crippen LogP) is 2.78. The van der Waals surface area contributed by atoms with Crippen LogP contribution in [0.25, 0.3) is 11.1 Å². The highest BCUT2D eigenvalue weighted by Gasteiger charge is 2.30. The molecule has 8 heteroatoms. The molecule has 4 rings (SSSR count). The third-order valence-electron chi connectivity index (χ3n) is 4.80. The van der Waals surface area contributed by atoms with Gasteiger partial charge in [0.05, 0.1) is 11.4 Å². The van der Waals surface area contributed by atoms with Crippen LogP contribution in [0.15, 0.2) is 51.8 Å². The van der Waals surface area contributed by atoms with Crippen LogP contribution in [0.5, 0.6) is 0 Å². The Bertz CT molecular complexity index is 1040. The molecule has 0 aliphatic carbocycles. The number of hydrogen-bond donors (Lipinski definition) is 0. The first-order chi connectivity index (χ1) is 12.9. The van der Waals surface area contributed by atoms with Gasteiger partial charge in [-0.15, -0.1) is 0 Å². The Kier molecular flexibility index (Phi) is 4.71. The zero-order chi connectivity index (χ0) is 19.0. The molecule has 0 N–H and O–H groups in total. The van der Waals surface area contributed by atoms with Gasteiger partial charge in [0.15, 0.2) is 5.58 Å². The molecule has 6 nitrogen and oxygen atoms in total. The van der Waals surface area contributed by atoms with Gasteiger partial charge in [-0.3, -0.25) is 4.90 Å². The van der Waals surface area contributed by atoms with E-state index in [1.807, 2.05) is 24.3 Å². The molecule has 1 aliphatic rings. The highest BCUT2D eigenvalue weighted by atomic mass is 32.2. The average Bonchev–Trinajstić information content (AvgIpc) is 3.06. The summed E-state index contributed by atoms with van der Waals surface area (Å²) in [6.07, 6.45) is 0. The Morgan fingerprint density at radius 3 is 2.59 bits per heavy atom. The van der Waals surface area contributed by atoms with Crippen molar-refractivity contribution in [3.8, 4) is 0 Å². The summed E-state index contributed by atoms with van der Waals surface area (Å²) < 4.78 is 46.4. The number of benzene rings is 2. The van der Waals surface area contributed by atoms with Crippen LogP contribution in [0.4, 0.5) is 4.39 Å². The smallest absolute Gasteiger partial charge is 0.243 e. The number of aromatic nitrogens is 1. The minimum Gasteiger partial charge on any atom is -0.439 e. The fourth-order valence-corrected chi connectivity index (χ4v) is 4.96. The lowest BCUT2D eigenvalue weighted by atomic mass is 10.2. The molecule has 0 bridgehead atoms. The maximum atomic E-state index is 13.5. The van der Waals surface area contributed by atoms with Crippen molar-refractivity contribution in [1.82, 2.24) is 14.2 Å². The average molecular weight is 389 g/mol. The van der Waals surface area contributed by atoms with E-state index >= 15 is 0 Å². The molecule has 3 aromatic rings. The van der Waals surface area contributed by atoms with Crippen LogP contribution >= 0.6 is 0 Å². The number of oxazole rings is 1. The van der Waals surface area contributed by atoms with E-state index in [9.17, 15) is 12.8 Å². The van der Waals surface area contributed by atoms with E-state index in [2.05, 4.69) is 9.88 Å². The molecule has 0 unspecified atom stereocenters. The monoisotopic (exact) mass is 389 g/mol. The summed E-state index contributed by atoms with van der Waals surface area (Å²) in [5, 5.41) is 0. The zero-order valence-corrected chi connectivity index (χ0v) is 15.7. The van der Waals surface area contributed by atoms with E-state index in [-0.39, 0.29) is 4.90 Å². The fourth-order valence-electron chi connectivity index (χ4n) is 3.30. The number of rotatable bonds is 4. The van der Waals surface area contributed by atoms with Crippen LogP contribution in [0.3, 0.4) is 0 Å². The van der Waals surface area contributed by atoms with Gasteiger partial charge in [-0.2, -0.15) is 4.31 Å². The number of fused-ring (bicyclic) bond motifs is 1. The van der Waals surface area contributed by atoms with E-state index in [1.54, 1.807) is 6.92 Å². The molecule has 1 saturated heterocycles. The molecule has 0 spiro atoms. The summed E-state index contributed by atoms with van der Waals surface area (Å²) in [4.78, 5) is 6.60. The van der Waals surface area contributed by atoms with Gasteiger partial charge in [0.2, 0.25) is 15.9 Å². The minimum absolute atomic E-state index is 0.0369. The Morgan fingerprint density at radius 1 is 1.11 bits per heavy atom. The number of halogens is 1. The van der Waals surface area contributed by atoms with Gasteiger partial charge in [-0.25, -0.2) is 17.8 Å². The molecule has 142 valence electrons. The number of piperazine rings is 1. The van der Waals surface area contributed by atoms with Crippen molar-refractivity contribution in [2.45, 2.75) is 18.4 Å². The molecular weight excluding hydrogens is 369 g/mol. The summed E-state index contributed by atoms with van der Waals surface area (Å²) in [5.41, 5.74) is 2.11. The lowest BCUT2D eigenvalue weighted by Crippen LogP contribution is -2.48. The van der Waals surface area contributed by atoms with Crippen molar-refractivity contribution in [2.75, 3.05) is 26.2 Å². The van der Waals surface area contributed by atoms with Crippen molar-refractivity contribution < 1.29 is 17.2 Å². The molecule has 0 radical (unpaired) electrons. The maximum absolute atomic E-state index is 13.5. The van der Waals surface area contributed by atoms with Crippen LogP contribution in [0.1, 0.15) is 11.5 Å². The number of aryl methyl sites for hydroxylation is 1. The topological polar surface area (TPSA) is 66.7 Å². The molecule has 0 atom stereocenters. The van der Waals surface area contributed by atoms with Crippen LogP contribution in [-0.4, -0.2) is 48.8 Å². The maximum Gasteiger partial charge on any atom is 0.243 e. The lowest BCUT2D eigenvalue weighted by Gasteiger charge is -2.33. The standard InChI is InChI=1S/C19H20FN3O3S/c1-14-6-7-15(20)12-18(14)27(24,25)23-10-8-22(9-11-23)13-19-21-16-4-2-3-5-17(16)26-19/h2-7,12H,8-11,13H2,1H3. The molecule has 1 fully saturated rings. The van der Waals surface area contributed by atoms with Crippen LogP contribution in [-0.2, 0) is 16.6 Å². The first-order valence-electron chi connectivity index (χ1n) is 8.76. The van der Waals surface area contributed by atoms with E-state index in [0.29, 0.717) is 44.2 Å². The Hall–Kier alpha value is -2.29. The largest absolute Gasteiger partial charge is 0.439 e. The normalized spacial score (nSPS) is 16.8. The van der Waals surface area contributed by atoms with Crippen molar-refractivity contribution in [3.05, 3.63) is 59.7 Å². The van der Waals surface area contributed by atoms with Crippen LogP contribution in [0.2, 0.25) is 0 Å². The van der Waals surface area contributed by atoms with Crippen LogP contribution in [0, 0.1) is 12.7 Å². The third kappa shape index (κ3) is 3.60. The highest BCUT2D eigenvalue weighted by Crippen LogP contribution is 2.23. The second-order valence-electron chi connectivity index (χ2n) is 6.67. The van der Waals surface area contributed by atoms with Gasteiger partial charge in [0.1, 0.15) is 11.3 Å². The zero-order valence-electron chi connectivity index (χ0n) is 14.9. The second-order valence-corrected chi connectivity index (χ2v) is 8.57. The molecule has 2 heterocycles. The summed E-state index contributed by atoms with van der Waals surface area (Å²) >= 11 is 0. The Morgan fingerprint density at radius 2 is 1.85 bits per heavy atom. The SMILES string of the molecule is Cc1ccc(F)cc1S(=O)(=O)N1CCN(Cc2nc3ccccc3o2)CC1. The molecule has 27 heavy (non-hydrogen) atoms. The van der Waals surface area contributed by atoms with Gasteiger partial charge >= 0.3 is 0 Å². The fraction of sp³-hybridized carbons (Fsp3) is 0.316. The highest BCUT2D eigenvalue weighted by molar-refractivity contribution is 7.89. The molecule has 1 aromatic heterocycles. The minimum atomic E-state index is -3.70. The van der Waals surface area contributed by atoms with Gasteiger partial charge in [0, 0.05) is 26.2 Å². The van der Waals surface area contributed by atoms with Crippen molar-refractivity contribution in [2.24, 2.45) is 0 Å². The first-order valence-corrected chi connectivity index (χ1v) is 10.2. The number of hydrogen-bond acceptors (Lipinski definition) is 5. The van der Waals surface area contributed by atoms with Gasteiger partial charge in [-0.05, 0) is 36.8 Å². The quantitative estimate of drug-likeness (QED) is 0.686. The summed E-state index contributed by atoms with van der Waals surface area (Å²) in [6.45, 7) is 4.02.